The fourth-order valence-electron chi connectivity index (χ4n) is 1.45. The zero-order valence-electron chi connectivity index (χ0n) is 8.36. The maximum absolute atomic E-state index is 11.8. The van der Waals surface area contributed by atoms with Gasteiger partial charge in [0.1, 0.15) is 5.76 Å². The quantitative estimate of drug-likeness (QED) is 0.765. The van der Waals surface area contributed by atoms with E-state index in [4.69, 9.17) is 14.9 Å². The van der Waals surface area contributed by atoms with E-state index in [1.165, 1.54) is 0 Å². The molecule has 0 bridgehead atoms. The fraction of sp³-hybridized carbons (Fsp3) is 0.364. The third kappa shape index (κ3) is 2.10. The van der Waals surface area contributed by atoms with E-state index in [0.29, 0.717) is 30.4 Å². The first-order valence-electron chi connectivity index (χ1n) is 4.97. The lowest BCUT2D eigenvalue weighted by Crippen LogP contribution is -2.10. The molecule has 0 saturated carbocycles. The van der Waals surface area contributed by atoms with Gasteiger partial charge in [0.2, 0.25) is 0 Å². The van der Waals surface area contributed by atoms with Gasteiger partial charge in [-0.1, -0.05) is 0 Å². The van der Waals surface area contributed by atoms with E-state index in [2.05, 4.69) is 0 Å². The lowest BCUT2D eigenvalue weighted by atomic mass is 10.2. The van der Waals surface area contributed by atoms with Gasteiger partial charge in [-0.15, -0.1) is 0 Å². The molecule has 0 aromatic carbocycles. The Morgan fingerprint density at radius 3 is 2.93 bits per heavy atom. The topological polar surface area (TPSA) is 65.5 Å². The fourth-order valence-corrected chi connectivity index (χ4v) is 1.45. The Balaban J connectivity index is 2.16. The van der Waals surface area contributed by atoms with Crippen LogP contribution in [0, 0.1) is 0 Å². The molecule has 2 rings (SSSR count). The summed E-state index contributed by atoms with van der Waals surface area (Å²) in [5, 5.41) is 0. The Morgan fingerprint density at radius 2 is 2.33 bits per heavy atom. The zero-order chi connectivity index (χ0) is 10.7. The molecule has 4 heteroatoms. The second-order valence-corrected chi connectivity index (χ2v) is 3.36. The van der Waals surface area contributed by atoms with Gasteiger partial charge >= 0.3 is 0 Å². The minimum atomic E-state index is -0.200. The van der Waals surface area contributed by atoms with Gasteiger partial charge in [0.05, 0.1) is 13.2 Å². The summed E-state index contributed by atoms with van der Waals surface area (Å²) in [4.78, 5) is 11.8. The van der Waals surface area contributed by atoms with E-state index >= 15 is 0 Å². The Kier molecular flexibility index (Phi) is 2.87. The Labute approximate surface area is 87.7 Å². The first kappa shape index (κ1) is 9.98. The summed E-state index contributed by atoms with van der Waals surface area (Å²) < 4.78 is 10.5. The van der Waals surface area contributed by atoms with Crippen LogP contribution < -0.4 is 5.73 Å². The molecule has 0 saturated heterocycles. The molecule has 0 fully saturated rings. The summed E-state index contributed by atoms with van der Waals surface area (Å²) >= 11 is 0. The van der Waals surface area contributed by atoms with Crippen LogP contribution in [0.15, 0.2) is 28.4 Å². The first-order valence-corrected chi connectivity index (χ1v) is 4.97. The van der Waals surface area contributed by atoms with E-state index in [0.717, 1.165) is 12.8 Å². The number of ketones is 1. The van der Waals surface area contributed by atoms with Gasteiger partial charge < -0.3 is 14.9 Å². The number of nitrogens with two attached hydrogens (primary N) is 1. The van der Waals surface area contributed by atoms with E-state index in [1.807, 2.05) is 0 Å². The number of Topliss-reactive ketones (excluding diaryl/α,β-unsaturated/α-hetero) is 1. The van der Waals surface area contributed by atoms with Crippen LogP contribution in [0.2, 0.25) is 0 Å². The van der Waals surface area contributed by atoms with Crippen LogP contribution in [0.25, 0.3) is 0 Å². The van der Waals surface area contributed by atoms with Crippen LogP contribution in [0.5, 0.6) is 0 Å². The normalized spacial score (nSPS) is 15.7. The Hall–Kier alpha value is -1.55. The standard InChI is InChI=1S/C11H13NO3/c12-7-8-4-5-10(15-8)11(13)9-3-1-2-6-14-9/h3-5H,1-2,6-7,12H2. The molecular formula is C11H13NO3. The van der Waals surface area contributed by atoms with Gasteiger partial charge in [0.15, 0.2) is 11.5 Å². The molecule has 4 nitrogen and oxygen atoms in total. The molecule has 15 heavy (non-hydrogen) atoms. The van der Waals surface area contributed by atoms with Crippen molar-refractivity contribution in [2.24, 2.45) is 5.73 Å². The summed E-state index contributed by atoms with van der Waals surface area (Å²) in [6.07, 6.45) is 3.64. The van der Waals surface area contributed by atoms with Gasteiger partial charge in [-0.3, -0.25) is 4.79 Å². The number of hydrogen-bond donors (Lipinski definition) is 1. The molecular weight excluding hydrogens is 194 g/mol. The Bertz CT molecular complexity index is 392. The highest BCUT2D eigenvalue weighted by Crippen LogP contribution is 2.17. The van der Waals surface area contributed by atoms with Crippen molar-refractivity contribution in [1.82, 2.24) is 0 Å². The molecule has 0 unspecified atom stereocenters. The van der Waals surface area contributed by atoms with Crippen LogP contribution in [0.1, 0.15) is 29.2 Å². The minimum absolute atomic E-state index is 0.200. The average molecular weight is 207 g/mol. The molecule has 2 N–H and O–H groups in total. The minimum Gasteiger partial charge on any atom is -0.490 e. The monoisotopic (exact) mass is 207 g/mol. The number of hydrogen-bond acceptors (Lipinski definition) is 4. The predicted octanol–water partition coefficient (Wildman–Crippen LogP) is 1.62. The molecule has 0 atom stereocenters. The maximum Gasteiger partial charge on any atom is 0.262 e. The average Bonchev–Trinajstić information content (AvgIpc) is 2.78. The molecule has 0 aliphatic carbocycles. The van der Waals surface area contributed by atoms with E-state index in [-0.39, 0.29) is 5.78 Å². The van der Waals surface area contributed by atoms with Gasteiger partial charge in [0.25, 0.3) is 5.78 Å². The number of carbonyl (C=O) groups excluding carboxylic acids is 1. The molecule has 1 aliphatic heterocycles. The lowest BCUT2D eigenvalue weighted by Gasteiger charge is -2.12. The van der Waals surface area contributed by atoms with Crippen LogP contribution in [0.4, 0.5) is 0 Å². The van der Waals surface area contributed by atoms with E-state index < -0.39 is 0 Å². The van der Waals surface area contributed by atoms with Gasteiger partial charge in [-0.2, -0.15) is 0 Å². The maximum atomic E-state index is 11.8. The van der Waals surface area contributed by atoms with Crippen molar-refractivity contribution in [3.05, 3.63) is 35.5 Å². The SMILES string of the molecule is NCc1ccc(C(=O)C2=CCCCO2)o1. The lowest BCUT2D eigenvalue weighted by molar-refractivity contribution is 0.0871. The summed E-state index contributed by atoms with van der Waals surface area (Å²) in [5.41, 5.74) is 5.39. The van der Waals surface area contributed by atoms with E-state index in [9.17, 15) is 4.79 Å². The van der Waals surface area contributed by atoms with Crippen molar-refractivity contribution in [2.75, 3.05) is 6.61 Å². The predicted molar refractivity (Wildman–Crippen MR) is 54.2 cm³/mol. The second-order valence-electron chi connectivity index (χ2n) is 3.36. The molecule has 1 aromatic rings. The summed E-state index contributed by atoms with van der Waals surface area (Å²) in [6, 6.07) is 3.33. The highest BCUT2D eigenvalue weighted by Gasteiger charge is 2.19. The summed E-state index contributed by atoms with van der Waals surface area (Å²) in [6.45, 7) is 0.898. The highest BCUT2D eigenvalue weighted by molar-refractivity contribution is 6.05. The smallest absolute Gasteiger partial charge is 0.262 e. The van der Waals surface area contributed by atoms with Crippen LogP contribution >= 0.6 is 0 Å². The second kappa shape index (κ2) is 4.31. The molecule has 0 spiro atoms. The largest absolute Gasteiger partial charge is 0.490 e. The van der Waals surface area contributed by atoms with Crippen molar-refractivity contribution in [3.8, 4) is 0 Å². The highest BCUT2D eigenvalue weighted by atomic mass is 16.5. The van der Waals surface area contributed by atoms with Crippen molar-refractivity contribution in [2.45, 2.75) is 19.4 Å². The van der Waals surface area contributed by atoms with Gasteiger partial charge in [-0.25, -0.2) is 0 Å². The van der Waals surface area contributed by atoms with Gasteiger partial charge in [0, 0.05) is 0 Å². The van der Waals surface area contributed by atoms with E-state index in [1.54, 1.807) is 18.2 Å². The summed E-state index contributed by atoms with van der Waals surface area (Å²) in [5.74, 6) is 1.09. The van der Waals surface area contributed by atoms with Crippen molar-refractivity contribution in [1.29, 1.82) is 0 Å². The number of carbonyl (C=O) groups is 1. The molecule has 80 valence electrons. The number of allylic oxidation sites excluding steroid dienone is 2. The Morgan fingerprint density at radius 1 is 1.47 bits per heavy atom. The zero-order valence-corrected chi connectivity index (χ0v) is 8.36. The summed E-state index contributed by atoms with van der Waals surface area (Å²) in [7, 11) is 0. The van der Waals surface area contributed by atoms with Crippen molar-refractivity contribution < 1.29 is 13.9 Å². The molecule has 1 aromatic heterocycles. The van der Waals surface area contributed by atoms with Crippen molar-refractivity contribution in [3.63, 3.8) is 0 Å². The number of rotatable bonds is 3. The molecule has 0 amide bonds. The van der Waals surface area contributed by atoms with Crippen LogP contribution in [-0.4, -0.2) is 12.4 Å². The molecule has 1 aliphatic rings. The van der Waals surface area contributed by atoms with Crippen molar-refractivity contribution >= 4 is 5.78 Å². The number of furan rings is 1. The first-order chi connectivity index (χ1) is 7.31. The van der Waals surface area contributed by atoms with Crippen LogP contribution in [0.3, 0.4) is 0 Å². The number of ether oxygens (including phenoxy) is 1. The van der Waals surface area contributed by atoms with Crippen LogP contribution in [-0.2, 0) is 11.3 Å². The molecule has 2 heterocycles. The third-order valence-electron chi connectivity index (χ3n) is 2.25. The molecule has 0 radical (unpaired) electrons. The van der Waals surface area contributed by atoms with Gasteiger partial charge in [-0.05, 0) is 31.1 Å². The third-order valence-corrected chi connectivity index (χ3v) is 2.25.